The van der Waals surface area contributed by atoms with Crippen molar-refractivity contribution in [2.45, 2.75) is 50.9 Å². The Morgan fingerprint density at radius 2 is 2.04 bits per heavy atom. The van der Waals surface area contributed by atoms with E-state index in [1.165, 1.54) is 12.8 Å². The molecule has 0 aromatic heterocycles. The number of piperidine rings is 1. The average Bonchev–Trinajstić information content (AvgIpc) is 2.74. The lowest BCUT2D eigenvalue weighted by molar-refractivity contribution is -0.0721. The van der Waals surface area contributed by atoms with Gasteiger partial charge in [-0.1, -0.05) is 12.1 Å². The maximum atomic E-state index is 8.88. The highest BCUT2D eigenvalue weighted by Gasteiger charge is 2.23. The van der Waals surface area contributed by atoms with Gasteiger partial charge in [0.1, 0.15) is 0 Å². The molecule has 6 nitrogen and oxygen atoms in total. The normalized spacial score (nSPS) is 21.7. The number of hydrogen-bond donors (Lipinski definition) is 1. The van der Waals surface area contributed by atoms with Crippen molar-refractivity contribution in [2.75, 3.05) is 33.4 Å². The predicted octanol–water partition coefficient (Wildman–Crippen LogP) is 2.68. The molecule has 146 valence electrons. The molecular weight excluding hydrogens is 340 g/mol. The molecule has 2 heterocycles. The molecule has 2 aliphatic rings. The summed E-state index contributed by atoms with van der Waals surface area (Å²) >= 11 is 0. The zero-order valence-electron chi connectivity index (χ0n) is 16.2. The standard InChI is InChI=1S/C21H30N4O2/c1-23-21(24-15-18-7-5-17(14-22)6-8-18)25-11-9-19(10-12-25)27-16-20-4-2-3-13-26-20/h5-8,19-20H,2-4,9-13,15-16H2,1H3,(H,23,24). The van der Waals surface area contributed by atoms with E-state index in [9.17, 15) is 0 Å². The maximum absolute atomic E-state index is 8.88. The van der Waals surface area contributed by atoms with Crippen molar-refractivity contribution in [3.8, 4) is 6.07 Å². The molecule has 1 N–H and O–H groups in total. The molecule has 1 atom stereocenters. The number of likely N-dealkylation sites (tertiary alicyclic amines) is 1. The van der Waals surface area contributed by atoms with Crippen molar-refractivity contribution in [1.29, 1.82) is 5.26 Å². The zero-order valence-corrected chi connectivity index (χ0v) is 16.2. The van der Waals surface area contributed by atoms with Gasteiger partial charge in [-0.15, -0.1) is 0 Å². The van der Waals surface area contributed by atoms with Crippen molar-refractivity contribution < 1.29 is 9.47 Å². The molecule has 0 amide bonds. The van der Waals surface area contributed by atoms with E-state index < -0.39 is 0 Å². The molecule has 0 spiro atoms. The van der Waals surface area contributed by atoms with Crippen LogP contribution < -0.4 is 5.32 Å². The van der Waals surface area contributed by atoms with Crippen LogP contribution in [0.5, 0.6) is 0 Å². The SMILES string of the molecule is CN=C(NCc1ccc(C#N)cc1)N1CCC(OCC2CCCCO2)CC1. The summed E-state index contributed by atoms with van der Waals surface area (Å²) in [4.78, 5) is 6.72. The lowest BCUT2D eigenvalue weighted by Gasteiger charge is -2.35. The minimum absolute atomic E-state index is 0.290. The number of hydrogen-bond acceptors (Lipinski definition) is 4. The van der Waals surface area contributed by atoms with Crippen molar-refractivity contribution in [1.82, 2.24) is 10.2 Å². The molecule has 2 saturated heterocycles. The summed E-state index contributed by atoms with van der Waals surface area (Å²) in [6.45, 7) is 4.21. The summed E-state index contributed by atoms with van der Waals surface area (Å²) in [5.41, 5.74) is 1.82. The second kappa shape index (κ2) is 10.3. The third kappa shape index (κ3) is 5.95. The van der Waals surface area contributed by atoms with E-state index in [0.717, 1.165) is 57.1 Å². The highest BCUT2D eigenvalue weighted by molar-refractivity contribution is 5.79. The van der Waals surface area contributed by atoms with Gasteiger partial charge in [0.15, 0.2) is 5.96 Å². The summed E-state index contributed by atoms with van der Waals surface area (Å²) in [6.07, 6.45) is 6.22. The van der Waals surface area contributed by atoms with Gasteiger partial charge in [-0.2, -0.15) is 5.26 Å². The lowest BCUT2D eigenvalue weighted by Crippen LogP contribution is -2.47. The Morgan fingerprint density at radius 3 is 2.67 bits per heavy atom. The molecular formula is C21H30N4O2. The van der Waals surface area contributed by atoms with Crippen LogP contribution in [-0.2, 0) is 16.0 Å². The molecule has 27 heavy (non-hydrogen) atoms. The first-order chi connectivity index (χ1) is 13.3. The Kier molecular flexibility index (Phi) is 7.49. The summed E-state index contributed by atoms with van der Waals surface area (Å²) in [6, 6.07) is 9.79. The Bertz CT molecular complexity index is 639. The van der Waals surface area contributed by atoms with Crippen LogP contribution in [-0.4, -0.2) is 56.4 Å². The average molecular weight is 370 g/mol. The van der Waals surface area contributed by atoms with E-state index in [2.05, 4.69) is 21.3 Å². The van der Waals surface area contributed by atoms with Gasteiger partial charge >= 0.3 is 0 Å². The van der Waals surface area contributed by atoms with Gasteiger partial charge in [-0.25, -0.2) is 0 Å². The van der Waals surface area contributed by atoms with E-state index in [1.807, 2.05) is 31.3 Å². The van der Waals surface area contributed by atoms with E-state index in [-0.39, 0.29) is 0 Å². The van der Waals surface area contributed by atoms with Crippen LogP contribution in [0, 0.1) is 11.3 Å². The van der Waals surface area contributed by atoms with Gasteiger partial charge < -0.3 is 19.7 Å². The summed E-state index contributed by atoms with van der Waals surface area (Å²) < 4.78 is 11.8. The van der Waals surface area contributed by atoms with Crippen LogP contribution in [0.2, 0.25) is 0 Å². The van der Waals surface area contributed by atoms with Crippen molar-refractivity contribution in [3.05, 3.63) is 35.4 Å². The molecule has 2 aliphatic heterocycles. The molecule has 0 aliphatic carbocycles. The third-order valence-corrected chi connectivity index (χ3v) is 5.28. The molecule has 0 radical (unpaired) electrons. The molecule has 1 aromatic rings. The van der Waals surface area contributed by atoms with Crippen LogP contribution in [0.4, 0.5) is 0 Å². The number of nitrogens with one attached hydrogen (secondary N) is 1. The second-order valence-electron chi connectivity index (χ2n) is 7.22. The fraction of sp³-hybridized carbons (Fsp3) is 0.619. The minimum atomic E-state index is 0.290. The van der Waals surface area contributed by atoms with Gasteiger partial charge in [-0.05, 0) is 49.8 Å². The van der Waals surface area contributed by atoms with E-state index >= 15 is 0 Å². The van der Waals surface area contributed by atoms with Crippen molar-refractivity contribution in [3.63, 3.8) is 0 Å². The molecule has 1 aromatic carbocycles. The van der Waals surface area contributed by atoms with Crippen LogP contribution >= 0.6 is 0 Å². The zero-order chi connectivity index (χ0) is 18.9. The summed E-state index contributed by atoms with van der Waals surface area (Å²) in [5.74, 6) is 0.924. The third-order valence-electron chi connectivity index (χ3n) is 5.28. The summed E-state index contributed by atoms with van der Waals surface area (Å²) in [5, 5.41) is 12.3. The van der Waals surface area contributed by atoms with Crippen LogP contribution in [0.3, 0.4) is 0 Å². The fourth-order valence-electron chi connectivity index (χ4n) is 3.63. The number of ether oxygens (including phenoxy) is 2. The van der Waals surface area contributed by atoms with Gasteiger partial charge in [0.2, 0.25) is 0 Å². The van der Waals surface area contributed by atoms with Crippen LogP contribution in [0.15, 0.2) is 29.3 Å². The van der Waals surface area contributed by atoms with Gasteiger partial charge in [-0.3, -0.25) is 4.99 Å². The number of nitriles is 1. The first-order valence-corrected chi connectivity index (χ1v) is 9.96. The number of guanidine groups is 1. The Labute approximate surface area is 162 Å². The monoisotopic (exact) mass is 370 g/mol. The van der Waals surface area contributed by atoms with Crippen LogP contribution in [0.1, 0.15) is 43.2 Å². The van der Waals surface area contributed by atoms with Crippen molar-refractivity contribution in [2.24, 2.45) is 4.99 Å². The molecule has 6 heteroatoms. The highest BCUT2D eigenvalue weighted by Crippen LogP contribution is 2.18. The number of aliphatic imine (C=N–C) groups is 1. The van der Waals surface area contributed by atoms with E-state index in [1.54, 1.807) is 0 Å². The Balaban J connectivity index is 1.39. The highest BCUT2D eigenvalue weighted by atomic mass is 16.5. The summed E-state index contributed by atoms with van der Waals surface area (Å²) in [7, 11) is 1.82. The maximum Gasteiger partial charge on any atom is 0.193 e. The fourth-order valence-corrected chi connectivity index (χ4v) is 3.63. The topological polar surface area (TPSA) is 69.9 Å². The second-order valence-corrected chi connectivity index (χ2v) is 7.22. The van der Waals surface area contributed by atoms with Crippen LogP contribution in [0.25, 0.3) is 0 Å². The largest absolute Gasteiger partial charge is 0.376 e. The first kappa shape index (κ1) is 19.7. The number of nitrogens with zero attached hydrogens (tertiary/aromatic N) is 3. The Morgan fingerprint density at radius 1 is 1.26 bits per heavy atom. The molecule has 2 fully saturated rings. The van der Waals surface area contributed by atoms with E-state index in [0.29, 0.717) is 24.3 Å². The molecule has 0 saturated carbocycles. The van der Waals surface area contributed by atoms with Gasteiger partial charge in [0, 0.05) is 33.3 Å². The van der Waals surface area contributed by atoms with Crippen molar-refractivity contribution >= 4 is 5.96 Å². The molecule has 0 bridgehead atoms. The Hall–Kier alpha value is -2.10. The predicted molar refractivity (Wildman–Crippen MR) is 105 cm³/mol. The molecule has 3 rings (SSSR count). The number of rotatable bonds is 5. The van der Waals surface area contributed by atoms with Gasteiger partial charge in [0.25, 0.3) is 0 Å². The smallest absolute Gasteiger partial charge is 0.193 e. The van der Waals surface area contributed by atoms with Gasteiger partial charge in [0.05, 0.1) is 30.4 Å². The first-order valence-electron chi connectivity index (χ1n) is 9.96. The number of benzene rings is 1. The van der Waals surface area contributed by atoms with E-state index in [4.69, 9.17) is 14.7 Å². The molecule has 1 unspecified atom stereocenters. The quantitative estimate of drug-likeness (QED) is 0.637. The lowest BCUT2D eigenvalue weighted by atomic mass is 10.1. The minimum Gasteiger partial charge on any atom is -0.376 e.